The minimum atomic E-state index is -0.0948. The number of urea groups is 1. The molecule has 6 heteroatoms. The van der Waals surface area contributed by atoms with Gasteiger partial charge in [0.2, 0.25) is 0 Å². The summed E-state index contributed by atoms with van der Waals surface area (Å²) in [7, 11) is 0. The number of rotatable bonds is 3. The van der Waals surface area contributed by atoms with Crippen LogP contribution in [-0.4, -0.2) is 47.9 Å². The molecule has 0 radical (unpaired) electrons. The lowest BCUT2D eigenvalue weighted by atomic mass is 9.89. The molecule has 5 nitrogen and oxygen atoms in total. The van der Waals surface area contributed by atoms with Gasteiger partial charge in [-0.05, 0) is 74.1 Å². The highest BCUT2D eigenvalue weighted by Gasteiger charge is 2.26. The standard InChI is InChI=1S/C24H28ClN3O2/c25-21-9-11-22(12-10-21)26-24(30)28-15-5-8-20(17-28)18-6-4-7-19(16-18)23(29)27-13-2-1-3-14-27/h4,6-7,9-12,16,20H,1-3,5,8,13-15,17H2,(H,26,30)/t20-/m1/s1. The van der Waals surface area contributed by atoms with Gasteiger partial charge in [0.15, 0.2) is 0 Å². The molecule has 0 saturated carbocycles. The Hall–Kier alpha value is -2.53. The van der Waals surface area contributed by atoms with Gasteiger partial charge in [-0.3, -0.25) is 4.79 Å². The normalized spacial score (nSPS) is 19.4. The van der Waals surface area contributed by atoms with Crippen LogP contribution in [0.5, 0.6) is 0 Å². The summed E-state index contributed by atoms with van der Waals surface area (Å²) in [6.45, 7) is 3.10. The van der Waals surface area contributed by atoms with Crippen molar-refractivity contribution in [3.8, 4) is 0 Å². The minimum absolute atomic E-state index is 0.0948. The first-order valence-corrected chi connectivity index (χ1v) is 11.2. The van der Waals surface area contributed by atoms with E-state index in [1.165, 1.54) is 6.42 Å². The van der Waals surface area contributed by atoms with Gasteiger partial charge in [0.25, 0.3) is 5.91 Å². The maximum Gasteiger partial charge on any atom is 0.321 e. The Bertz CT molecular complexity index is 894. The molecule has 1 atom stereocenters. The summed E-state index contributed by atoms with van der Waals surface area (Å²) in [5, 5.41) is 3.59. The number of carbonyl (C=O) groups is 2. The molecule has 30 heavy (non-hydrogen) atoms. The minimum Gasteiger partial charge on any atom is -0.339 e. The molecule has 3 amide bonds. The summed E-state index contributed by atoms with van der Waals surface area (Å²) < 4.78 is 0. The topological polar surface area (TPSA) is 52.7 Å². The molecule has 0 aliphatic carbocycles. The smallest absolute Gasteiger partial charge is 0.321 e. The number of nitrogens with zero attached hydrogens (tertiary/aromatic N) is 2. The maximum absolute atomic E-state index is 12.9. The Kier molecular flexibility index (Phi) is 6.58. The van der Waals surface area contributed by atoms with Crippen molar-refractivity contribution >= 4 is 29.2 Å². The first kappa shape index (κ1) is 20.7. The fourth-order valence-electron chi connectivity index (χ4n) is 4.37. The molecular weight excluding hydrogens is 398 g/mol. The summed E-state index contributed by atoms with van der Waals surface area (Å²) in [5.74, 6) is 0.369. The third-order valence-corrected chi connectivity index (χ3v) is 6.30. The molecule has 0 spiro atoms. The molecule has 2 saturated heterocycles. The number of hydrogen-bond acceptors (Lipinski definition) is 2. The molecule has 2 aromatic carbocycles. The number of anilines is 1. The SMILES string of the molecule is O=C(Nc1ccc(Cl)cc1)N1CCC[C@@H](c2cccc(C(=O)N3CCCCC3)c2)C1. The quantitative estimate of drug-likeness (QED) is 0.717. The van der Waals surface area contributed by atoms with E-state index >= 15 is 0 Å². The van der Waals surface area contributed by atoms with E-state index in [1.54, 1.807) is 24.3 Å². The van der Waals surface area contributed by atoms with Crippen molar-refractivity contribution in [3.63, 3.8) is 0 Å². The Morgan fingerprint density at radius 3 is 2.40 bits per heavy atom. The summed E-state index contributed by atoms with van der Waals surface area (Å²) in [5.41, 5.74) is 2.64. The van der Waals surface area contributed by atoms with Gasteiger partial charge in [0.1, 0.15) is 0 Å². The van der Waals surface area contributed by atoms with Crippen LogP contribution in [0, 0.1) is 0 Å². The number of halogens is 1. The van der Waals surface area contributed by atoms with Crippen molar-refractivity contribution in [1.29, 1.82) is 0 Å². The highest BCUT2D eigenvalue weighted by molar-refractivity contribution is 6.30. The van der Waals surface area contributed by atoms with Crippen molar-refractivity contribution in [3.05, 3.63) is 64.7 Å². The number of amides is 3. The van der Waals surface area contributed by atoms with Gasteiger partial charge in [0, 0.05) is 48.4 Å². The van der Waals surface area contributed by atoms with Crippen LogP contribution in [0.2, 0.25) is 5.02 Å². The van der Waals surface area contributed by atoms with Gasteiger partial charge in [-0.15, -0.1) is 0 Å². The van der Waals surface area contributed by atoms with Crippen LogP contribution in [0.4, 0.5) is 10.5 Å². The second kappa shape index (κ2) is 9.52. The van der Waals surface area contributed by atoms with E-state index in [0.29, 0.717) is 11.6 Å². The highest BCUT2D eigenvalue weighted by atomic mass is 35.5. The second-order valence-corrected chi connectivity index (χ2v) is 8.64. The van der Waals surface area contributed by atoms with Crippen LogP contribution in [0.15, 0.2) is 48.5 Å². The molecule has 0 aromatic heterocycles. The van der Waals surface area contributed by atoms with E-state index < -0.39 is 0 Å². The number of piperidine rings is 2. The molecule has 2 fully saturated rings. The molecule has 0 bridgehead atoms. The molecular formula is C24H28ClN3O2. The van der Waals surface area contributed by atoms with Crippen LogP contribution in [0.25, 0.3) is 0 Å². The highest BCUT2D eigenvalue weighted by Crippen LogP contribution is 2.28. The van der Waals surface area contributed by atoms with Crippen molar-refractivity contribution in [1.82, 2.24) is 9.80 Å². The average Bonchev–Trinajstić information content (AvgIpc) is 2.81. The van der Waals surface area contributed by atoms with Crippen LogP contribution in [-0.2, 0) is 0 Å². The summed E-state index contributed by atoms with van der Waals surface area (Å²) in [4.78, 5) is 29.4. The fourth-order valence-corrected chi connectivity index (χ4v) is 4.50. The van der Waals surface area contributed by atoms with Crippen molar-refractivity contribution in [2.75, 3.05) is 31.5 Å². The first-order valence-electron chi connectivity index (χ1n) is 10.8. The van der Waals surface area contributed by atoms with E-state index in [2.05, 4.69) is 11.4 Å². The van der Waals surface area contributed by atoms with Gasteiger partial charge in [0.05, 0.1) is 0 Å². The third kappa shape index (κ3) is 4.96. The fraction of sp³-hybridized carbons (Fsp3) is 0.417. The second-order valence-electron chi connectivity index (χ2n) is 8.20. The Morgan fingerprint density at radius 2 is 1.63 bits per heavy atom. The molecule has 4 rings (SSSR count). The van der Waals surface area contributed by atoms with Crippen molar-refractivity contribution in [2.45, 2.75) is 38.0 Å². The molecule has 2 heterocycles. The van der Waals surface area contributed by atoms with Gasteiger partial charge in [-0.2, -0.15) is 0 Å². The monoisotopic (exact) mass is 425 g/mol. The van der Waals surface area contributed by atoms with E-state index in [9.17, 15) is 9.59 Å². The van der Waals surface area contributed by atoms with E-state index in [-0.39, 0.29) is 17.9 Å². The average molecular weight is 426 g/mol. The number of nitrogens with one attached hydrogen (secondary N) is 1. The Balaban J connectivity index is 1.42. The Labute approximate surface area is 183 Å². The molecule has 2 aliphatic heterocycles. The lowest BCUT2D eigenvalue weighted by molar-refractivity contribution is 0.0724. The van der Waals surface area contributed by atoms with Crippen LogP contribution < -0.4 is 5.32 Å². The zero-order valence-electron chi connectivity index (χ0n) is 17.1. The largest absolute Gasteiger partial charge is 0.339 e. The van der Waals surface area contributed by atoms with Gasteiger partial charge in [-0.1, -0.05) is 23.7 Å². The number of hydrogen-bond donors (Lipinski definition) is 1. The summed E-state index contributed by atoms with van der Waals surface area (Å²) in [6, 6.07) is 15.0. The van der Waals surface area contributed by atoms with Crippen LogP contribution >= 0.6 is 11.6 Å². The first-order chi connectivity index (χ1) is 14.6. The third-order valence-electron chi connectivity index (χ3n) is 6.05. The van der Waals surface area contributed by atoms with E-state index in [0.717, 1.165) is 62.1 Å². The number of benzene rings is 2. The Morgan fingerprint density at radius 1 is 0.900 bits per heavy atom. The number of carbonyl (C=O) groups excluding carboxylic acids is 2. The lowest BCUT2D eigenvalue weighted by Gasteiger charge is -2.33. The molecule has 2 aliphatic rings. The summed E-state index contributed by atoms with van der Waals surface area (Å²) in [6.07, 6.45) is 5.35. The molecule has 158 valence electrons. The summed E-state index contributed by atoms with van der Waals surface area (Å²) >= 11 is 5.92. The predicted octanol–water partition coefficient (Wildman–Crippen LogP) is 5.38. The lowest BCUT2D eigenvalue weighted by Crippen LogP contribution is -2.41. The molecule has 2 aromatic rings. The van der Waals surface area contributed by atoms with Crippen LogP contribution in [0.1, 0.15) is 53.9 Å². The van der Waals surface area contributed by atoms with E-state index in [1.807, 2.05) is 28.0 Å². The van der Waals surface area contributed by atoms with Gasteiger partial charge >= 0.3 is 6.03 Å². The van der Waals surface area contributed by atoms with E-state index in [4.69, 9.17) is 11.6 Å². The molecule has 0 unspecified atom stereocenters. The van der Waals surface area contributed by atoms with Gasteiger partial charge in [-0.25, -0.2) is 4.79 Å². The zero-order valence-corrected chi connectivity index (χ0v) is 17.9. The number of likely N-dealkylation sites (tertiary alicyclic amines) is 2. The van der Waals surface area contributed by atoms with Crippen LogP contribution in [0.3, 0.4) is 0 Å². The molecule has 1 N–H and O–H groups in total. The maximum atomic E-state index is 12.9. The van der Waals surface area contributed by atoms with Gasteiger partial charge < -0.3 is 15.1 Å². The van der Waals surface area contributed by atoms with Crippen molar-refractivity contribution < 1.29 is 9.59 Å². The zero-order chi connectivity index (χ0) is 20.9. The van der Waals surface area contributed by atoms with Crippen molar-refractivity contribution in [2.24, 2.45) is 0 Å². The predicted molar refractivity (Wildman–Crippen MR) is 120 cm³/mol.